The van der Waals surface area contributed by atoms with Gasteiger partial charge in [-0.3, -0.25) is 0 Å². The van der Waals surface area contributed by atoms with Crippen LogP contribution in [0.15, 0.2) is 11.6 Å². The first-order valence-corrected chi connectivity index (χ1v) is 10.5. The van der Waals surface area contributed by atoms with Crippen molar-refractivity contribution in [3.8, 4) is 0 Å². The number of allylic oxidation sites excluding steroid dienone is 1. The fraction of sp³-hybridized carbons (Fsp3) is 0.909. The van der Waals surface area contributed by atoms with E-state index in [-0.39, 0.29) is 5.41 Å². The fourth-order valence-corrected chi connectivity index (χ4v) is 6.94. The zero-order valence-electron chi connectivity index (χ0n) is 15.9. The normalized spacial score (nSPS) is 50.7. The zero-order valence-corrected chi connectivity index (χ0v) is 15.9. The topological polar surface area (TPSA) is 29.5 Å². The van der Waals surface area contributed by atoms with Gasteiger partial charge in [-0.05, 0) is 93.8 Å². The molecule has 0 heterocycles. The third kappa shape index (κ3) is 2.51. The number of ether oxygens (including phenoxy) is 1. The molecule has 3 saturated carbocycles. The van der Waals surface area contributed by atoms with Crippen LogP contribution in [-0.2, 0) is 4.74 Å². The van der Waals surface area contributed by atoms with Gasteiger partial charge in [-0.15, -0.1) is 0 Å². The lowest BCUT2D eigenvalue weighted by molar-refractivity contribution is -0.108. The van der Waals surface area contributed by atoms with Crippen molar-refractivity contribution in [3.63, 3.8) is 0 Å². The summed E-state index contributed by atoms with van der Waals surface area (Å²) in [6.45, 7) is 7.60. The summed E-state index contributed by atoms with van der Waals surface area (Å²) in [5, 5.41) is 11.0. The minimum Gasteiger partial charge on any atom is -0.390 e. The Balaban J connectivity index is 1.52. The molecule has 7 atom stereocenters. The SMILES string of the molecule is CCCO[C@@H]1C=C2CC[C@@H]3[C@H](CC[C@@]4(C)[C@H]3CC[C@@]4(C)O)[C@H]2CC1. The average molecular weight is 333 g/mol. The lowest BCUT2D eigenvalue weighted by atomic mass is 9.51. The Morgan fingerprint density at radius 3 is 2.71 bits per heavy atom. The van der Waals surface area contributed by atoms with Crippen molar-refractivity contribution >= 4 is 0 Å². The van der Waals surface area contributed by atoms with Crippen LogP contribution in [-0.4, -0.2) is 23.4 Å². The van der Waals surface area contributed by atoms with E-state index >= 15 is 0 Å². The van der Waals surface area contributed by atoms with Gasteiger partial charge in [-0.1, -0.05) is 25.5 Å². The van der Waals surface area contributed by atoms with E-state index in [0.29, 0.717) is 6.10 Å². The standard InChI is InChI=1S/C22H36O2/c1-4-13-24-16-6-8-17-15(14-16)5-7-19-18(17)9-11-21(2)20(19)10-12-22(21,3)23/h14,16-20,23H,4-13H2,1-3H3/t16-,17-,18+,19+,20-,21-,22+/m0/s1. The van der Waals surface area contributed by atoms with Gasteiger partial charge in [-0.2, -0.15) is 0 Å². The summed E-state index contributed by atoms with van der Waals surface area (Å²) in [6, 6.07) is 0. The summed E-state index contributed by atoms with van der Waals surface area (Å²) >= 11 is 0. The van der Waals surface area contributed by atoms with Gasteiger partial charge in [-0.25, -0.2) is 0 Å². The minimum absolute atomic E-state index is 0.164. The quantitative estimate of drug-likeness (QED) is 0.728. The third-order valence-electron chi connectivity index (χ3n) is 8.51. The van der Waals surface area contributed by atoms with E-state index in [0.717, 1.165) is 43.1 Å². The first-order valence-electron chi connectivity index (χ1n) is 10.5. The molecular formula is C22H36O2. The molecule has 2 heteroatoms. The molecule has 4 rings (SSSR count). The smallest absolute Gasteiger partial charge is 0.0758 e. The Labute approximate surface area is 148 Å². The highest BCUT2D eigenvalue weighted by Crippen LogP contribution is 2.64. The summed E-state index contributed by atoms with van der Waals surface area (Å²) in [4.78, 5) is 0. The molecule has 0 radical (unpaired) electrons. The molecule has 3 fully saturated rings. The van der Waals surface area contributed by atoms with Gasteiger partial charge in [0.15, 0.2) is 0 Å². The Hall–Kier alpha value is -0.340. The Morgan fingerprint density at radius 1 is 1.08 bits per heavy atom. The molecule has 0 unspecified atom stereocenters. The minimum atomic E-state index is -0.440. The number of aliphatic hydroxyl groups is 1. The van der Waals surface area contributed by atoms with E-state index in [4.69, 9.17) is 4.74 Å². The molecule has 0 aromatic heterocycles. The van der Waals surface area contributed by atoms with Crippen molar-refractivity contribution in [2.45, 2.75) is 90.3 Å². The van der Waals surface area contributed by atoms with Crippen molar-refractivity contribution < 1.29 is 9.84 Å². The molecule has 0 aromatic carbocycles. The second-order valence-corrected chi connectivity index (χ2v) is 9.58. The summed E-state index contributed by atoms with van der Waals surface area (Å²) in [6.07, 6.45) is 14.0. The van der Waals surface area contributed by atoms with Crippen LogP contribution in [0.4, 0.5) is 0 Å². The van der Waals surface area contributed by atoms with Crippen molar-refractivity contribution in [3.05, 3.63) is 11.6 Å². The van der Waals surface area contributed by atoms with Crippen molar-refractivity contribution in [1.82, 2.24) is 0 Å². The number of hydrogen-bond acceptors (Lipinski definition) is 2. The van der Waals surface area contributed by atoms with Crippen molar-refractivity contribution in [2.75, 3.05) is 6.61 Å². The van der Waals surface area contributed by atoms with Gasteiger partial charge >= 0.3 is 0 Å². The summed E-state index contributed by atoms with van der Waals surface area (Å²) in [5.74, 6) is 3.30. The first kappa shape index (κ1) is 17.1. The molecule has 2 nitrogen and oxygen atoms in total. The Kier molecular flexibility index (Phi) is 4.36. The van der Waals surface area contributed by atoms with Gasteiger partial charge < -0.3 is 9.84 Å². The highest BCUT2D eigenvalue weighted by Gasteiger charge is 2.60. The predicted octanol–water partition coefficient (Wildman–Crippen LogP) is 5.11. The van der Waals surface area contributed by atoms with Gasteiger partial charge in [0, 0.05) is 6.61 Å². The maximum Gasteiger partial charge on any atom is 0.0758 e. The highest BCUT2D eigenvalue weighted by atomic mass is 16.5. The maximum absolute atomic E-state index is 11.0. The molecule has 24 heavy (non-hydrogen) atoms. The van der Waals surface area contributed by atoms with Crippen LogP contribution < -0.4 is 0 Å². The second kappa shape index (κ2) is 6.13. The van der Waals surface area contributed by atoms with Crippen LogP contribution in [0, 0.1) is 29.1 Å². The largest absolute Gasteiger partial charge is 0.390 e. The maximum atomic E-state index is 11.0. The average Bonchev–Trinajstić information content (AvgIpc) is 2.82. The number of fused-ring (bicyclic) bond motifs is 5. The van der Waals surface area contributed by atoms with E-state index in [1.165, 1.54) is 44.9 Å². The lowest BCUT2D eigenvalue weighted by Crippen LogP contribution is -2.51. The molecule has 4 aliphatic carbocycles. The molecule has 1 N–H and O–H groups in total. The van der Waals surface area contributed by atoms with Crippen LogP contribution in [0.2, 0.25) is 0 Å². The summed E-state index contributed by atoms with van der Waals surface area (Å²) in [5.41, 5.74) is 1.44. The van der Waals surface area contributed by atoms with E-state index < -0.39 is 5.60 Å². The monoisotopic (exact) mass is 332 g/mol. The molecule has 136 valence electrons. The molecule has 0 aromatic rings. The Morgan fingerprint density at radius 2 is 1.92 bits per heavy atom. The van der Waals surface area contributed by atoms with E-state index in [9.17, 15) is 5.11 Å². The van der Waals surface area contributed by atoms with E-state index in [1.807, 2.05) is 0 Å². The molecule has 4 aliphatic rings. The number of rotatable bonds is 3. The van der Waals surface area contributed by atoms with E-state index in [2.05, 4.69) is 26.8 Å². The molecule has 0 bridgehead atoms. The predicted molar refractivity (Wildman–Crippen MR) is 97.7 cm³/mol. The van der Waals surface area contributed by atoms with Gasteiger partial charge in [0.25, 0.3) is 0 Å². The third-order valence-corrected chi connectivity index (χ3v) is 8.51. The van der Waals surface area contributed by atoms with Crippen molar-refractivity contribution in [2.24, 2.45) is 29.1 Å². The van der Waals surface area contributed by atoms with Crippen molar-refractivity contribution in [1.29, 1.82) is 0 Å². The highest BCUT2D eigenvalue weighted by molar-refractivity contribution is 5.21. The van der Waals surface area contributed by atoms with Gasteiger partial charge in [0.1, 0.15) is 0 Å². The molecule has 0 aliphatic heterocycles. The van der Waals surface area contributed by atoms with E-state index in [1.54, 1.807) is 5.57 Å². The molecule has 0 amide bonds. The molecular weight excluding hydrogens is 296 g/mol. The molecule has 0 saturated heterocycles. The van der Waals surface area contributed by atoms with Crippen LogP contribution in [0.3, 0.4) is 0 Å². The lowest BCUT2D eigenvalue weighted by Gasteiger charge is -2.55. The Bertz CT molecular complexity index is 508. The fourth-order valence-electron chi connectivity index (χ4n) is 6.94. The van der Waals surface area contributed by atoms with Crippen LogP contribution in [0.25, 0.3) is 0 Å². The zero-order chi connectivity index (χ0) is 16.9. The van der Waals surface area contributed by atoms with Crippen LogP contribution in [0.1, 0.15) is 78.6 Å². The van der Waals surface area contributed by atoms with Crippen LogP contribution >= 0.6 is 0 Å². The summed E-state index contributed by atoms with van der Waals surface area (Å²) in [7, 11) is 0. The van der Waals surface area contributed by atoms with Crippen LogP contribution in [0.5, 0.6) is 0 Å². The molecule has 0 spiro atoms. The second-order valence-electron chi connectivity index (χ2n) is 9.58. The summed E-state index contributed by atoms with van der Waals surface area (Å²) < 4.78 is 6.02. The van der Waals surface area contributed by atoms with Gasteiger partial charge in [0.05, 0.1) is 11.7 Å². The first-order chi connectivity index (χ1) is 11.5. The van der Waals surface area contributed by atoms with Gasteiger partial charge in [0.2, 0.25) is 0 Å². The number of hydrogen-bond donors (Lipinski definition) is 1.